The third kappa shape index (κ3) is 6.38. The molecule has 1 aromatic rings. The Morgan fingerprint density at radius 1 is 0.862 bits per heavy atom. The van der Waals surface area contributed by atoms with Gasteiger partial charge in [0.2, 0.25) is 0 Å². The number of rotatable bonds is 8. The van der Waals surface area contributed by atoms with Crippen LogP contribution in [-0.2, 0) is 29.2 Å². The molecule has 0 N–H and O–H groups in total. The summed E-state index contributed by atoms with van der Waals surface area (Å²) >= 11 is 0. The first-order valence-electron chi connectivity index (χ1n) is 10.4. The van der Waals surface area contributed by atoms with Crippen molar-refractivity contribution in [3.05, 3.63) is 41.0 Å². The van der Waals surface area contributed by atoms with Gasteiger partial charge >= 0.3 is 7.60 Å². The average molecular weight is 423 g/mol. The van der Waals surface area contributed by atoms with Crippen molar-refractivity contribution in [2.45, 2.75) is 85.2 Å². The highest BCUT2D eigenvalue weighted by Gasteiger charge is 2.47. The predicted molar refractivity (Wildman–Crippen MR) is 123 cm³/mol. The minimum Gasteiger partial charge on any atom is -0.308 e. The molecule has 1 aromatic carbocycles. The molecular formula is C24H39O4P. The Balaban J connectivity index is 3.34. The summed E-state index contributed by atoms with van der Waals surface area (Å²) in [5.41, 5.74) is 3.37. The average Bonchev–Trinajstić information content (AvgIpc) is 2.58. The minimum atomic E-state index is -3.57. The summed E-state index contributed by atoms with van der Waals surface area (Å²) in [6.07, 6.45) is 3.30. The van der Waals surface area contributed by atoms with Gasteiger partial charge in [-0.25, -0.2) is 0 Å². The second-order valence-corrected chi connectivity index (χ2v) is 12.6. The Kier molecular flexibility index (Phi) is 8.27. The van der Waals surface area contributed by atoms with Crippen LogP contribution in [0.1, 0.15) is 85.9 Å². The van der Waals surface area contributed by atoms with E-state index in [4.69, 9.17) is 9.05 Å². The molecule has 0 fully saturated rings. The number of ketones is 1. The molecule has 0 heterocycles. The zero-order valence-corrected chi connectivity index (χ0v) is 20.8. The molecule has 0 saturated carbocycles. The Bertz CT molecular complexity index is 750. The summed E-state index contributed by atoms with van der Waals surface area (Å²) in [4.78, 5) is 13.0. The lowest BCUT2D eigenvalue weighted by Gasteiger charge is -2.30. The van der Waals surface area contributed by atoms with Crippen molar-refractivity contribution in [1.82, 2.24) is 0 Å². The highest BCUT2D eigenvalue weighted by Crippen LogP contribution is 2.60. The molecule has 0 unspecified atom stereocenters. The quantitative estimate of drug-likeness (QED) is 0.337. The smallest absolute Gasteiger partial charge is 0.308 e. The normalized spacial score (nSPS) is 13.9. The van der Waals surface area contributed by atoms with Crippen LogP contribution in [0.15, 0.2) is 24.3 Å². The zero-order valence-electron chi connectivity index (χ0n) is 19.9. The van der Waals surface area contributed by atoms with Gasteiger partial charge in [-0.1, -0.05) is 65.8 Å². The van der Waals surface area contributed by atoms with Crippen molar-refractivity contribution in [3.63, 3.8) is 0 Å². The minimum absolute atomic E-state index is 0.00718. The van der Waals surface area contributed by atoms with Gasteiger partial charge in [0.15, 0.2) is 5.78 Å². The standard InChI is InChI=1S/C24H39O4P/c1-11-27-29(26,28-12-2)24(9,10)21(25)14-13-18-15-19(22(3,4)5)17-20(16-18)23(6,7)8/h13-17H,11-12H2,1-10H3. The van der Waals surface area contributed by atoms with E-state index in [9.17, 15) is 9.36 Å². The largest absolute Gasteiger partial charge is 0.343 e. The summed E-state index contributed by atoms with van der Waals surface area (Å²) in [5, 5.41) is -1.26. The van der Waals surface area contributed by atoms with Crippen LogP contribution in [0.4, 0.5) is 0 Å². The molecule has 0 aliphatic rings. The molecule has 0 spiro atoms. The Labute approximate surface area is 177 Å². The van der Waals surface area contributed by atoms with Crippen LogP contribution in [0.3, 0.4) is 0 Å². The van der Waals surface area contributed by atoms with Crippen LogP contribution in [0.25, 0.3) is 6.08 Å². The monoisotopic (exact) mass is 422 g/mol. The molecule has 4 nitrogen and oxygen atoms in total. The molecule has 0 radical (unpaired) electrons. The SMILES string of the molecule is CCOP(=O)(OCC)C(C)(C)C(=O)C=Cc1cc(C(C)(C)C)cc(C(C)(C)C)c1. The van der Waals surface area contributed by atoms with E-state index in [1.807, 2.05) is 0 Å². The summed E-state index contributed by atoms with van der Waals surface area (Å²) in [6.45, 7) is 20.2. The van der Waals surface area contributed by atoms with Gasteiger partial charge in [-0.15, -0.1) is 0 Å². The Morgan fingerprint density at radius 2 is 1.28 bits per heavy atom. The number of carbonyl (C=O) groups is 1. The maximum absolute atomic E-state index is 13.2. The molecule has 29 heavy (non-hydrogen) atoms. The fourth-order valence-electron chi connectivity index (χ4n) is 2.82. The first kappa shape index (κ1) is 25.8. The summed E-state index contributed by atoms with van der Waals surface area (Å²) in [6, 6.07) is 6.45. The molecule has 5 heteroatoms. The van der Waals surface area contributed by atoms with Crippen LogP contribution >= 0.6 is 7.60 Å². The van der Waals surface area contributed by atoms with E-state index in [1.165, 1.54) is 17.2 Å². The predicted octanol–water partition coefficient (Wildman–Crippen LogP) is 6.91. The first-order valence-corrected chi connectivity index (χ1v) is 11.9. The number of benzene rings is 1. The molecular weight excluding hydrogens is 383 g/mol. The maximum atomic E-state index is 13.2. The lowest BCUT2D eigenvalue weighted by atomic mass is 9.79. The van der Waals surface area contributed by atoms with Crippen LogP contribution in [-0.4, -0.2) is 24.2 Å². The lowest BCUT2D eigenvalue weighted by molar-refractivity contribution is -0.116. The molecule has 1 rings (SSSR count). The zero-order chi connectivity index (χ0) is 22.7. The third-order valence-corrected chi connectivity index (χ3v) is 7.79. The second kappa shape index (κ2) is 9.29. The highest BCUT2D eigenvalue weighted by atomic mass is 31.2. The summed E-state index contributed by atoms with van der Waals surface area (Å²) in [5.74, 6) is -0.277. The van der Waals surface area contributed by atoms with E-state index in [-0.39, 0.29) is 29.8 Å². The molecule has 0 aliphatic heterocycles. The van der Waals surface area contributed by atoms with Crippen molar-refractivity contribution < 1.29 is 18.4 Å². The van der Waals surface area contributed by atoms with Gasteiger partial charge in [0.25, 0.3) is 0 Å². The van der Waals surface area contributed by atoms with E-state index in [1.54, 1.807) is 33.8 Å². The number of hydrogen-bond donors (Lipinski definition) is 0. The first-order chi connectivity index (χ1) is 13.1. The van der Waals surface area contributed by atoms with Gasteiger partial charge in [-0.2, -0.15) is 0 Å². The van der Waals surface area contributed by atoms with E-state index >= 15 is 0 Å². The number of allylic oxidation sites excluding steroid dienone is 1. The van der Waals surface area contributed by atoms with Crippen LogP contribution in [0.5, 0.6) is 0 Å². The van der Waals surface area contributed by atoms with Crippen LogP contribution < -0.4 is 0 Å². The molecule has 0 bridgehead atoms. The fourth-order valence-corrected chi connectivity index (χ4v) is 4.57. The molecule has 0 amide bonds. The third-order valence-electron chi connectivity index (χ3n) is 5.00. The van der Waals surface area contributed by atoms with Crippen LogP contribution in [0.2, 0.25) is 0 Å². The number of carbonyl (C=O) groups excluding carboxylic acids is 1. The van der Waals surface area contributed by atoms with Gasteiger partial charge in [0, 0.05) is 0 Å². The fraction of sp³-hybridized carbons (Fsp3) is 0.625. The number of hydrogen-bond acceptors (Lipinski definition) is 4. The van der Waals surface area contributed by atoms with E-state index < -0.39 is 12.8 Å². The second-order valence-electron chi connectivity index (χ2n) is 9.93. The van der Waals surface area contributed by atoms with E-state index in [0.29, 0.717) is 0 Å². The van der Waals surface area contributed by atoms with Crippen molar-refractivity contribution in [3.8, 4) is 0 Å². The van der Waals surface area contributed by atoms with Crippen molar-refractivity contribution in [1.29, 1.82) is 0 Å². The van der Waals surface area contributed by atoms with Gasteiger partial charge in [-0.3, -0.25) is 9.36 Å². The summed E-state index contributed by atoms with van der Waals surface area (Å²) < 4.78 is 24.0. The highest BCUT2D eigenvalue weighted by molar-refractivity contribution is 7.56. The molecule has 0 saturated heterocycles. The van der Waals surface area contributed by atoms with Crippen molar-refractivity contribution in [2.24, 2.45) is 0 Å². The van der Waals surface area contributed by atoms with Crippen molar-refractivity contribution in [2.75, 3.05) is 13.2 Å². The van der Waals surface area contributed by atoms with Gasteiger partial charge < -0.3 is 9.05 Å². The Hall–Kier alpha value is -1.22. The molecule has 0 aliphatic carbocycles. The van der Waals surface area contributed by atoms with E-state index in [2.05, 4.69) is 59.7 Å². The summed E-state index contributed by atoms with van der Waals surface area (Å²) in [7, 11) is -3.57. The topological polar surface area (TPSA) is 52.6 Å². The molecule has 0 atom stereocenters. The van der Waals surface area contributed by atoms with Gasteiger partial charge in [0.05, 0.1) is 13.2 Å². The molecule has 0 aromatic heterocycles. The lowest BCUT2D eigenvalue weighted by Crippen LogP contribution is -2.32. The van der Waals surface area contributed by atoms with Crippen LogP contribution in [0, 0.1) is 0 Å². The Morgan fingerprint density at radius 3 is 1.62 bits per heavy atom. The van der Waals surface area contributed by atoms with Crippen molar-refractivity contribution >= 4 is 19.5 Å². The van der Waals surface area contributed by atoms with Gasteiger partial charge in [0.1, 0.15) is 5.16 Å². The maximum Gasteiger partial charge on any atom is 0.343 e. The van der Waals surface area contributed by atoms with E-state index in [0.717, 1.165) is 5.56 Å². The molecule has 164 valence electrons. The van der Waals surface area contributed by atoms with Gasteiger partial charge in [-0.05, 0) is 61.3 Å².